The molecule has 0 saturated heterocycles. The Hall–Kier alpha value is -2.05. The second kappa shape index (κ2) is 4.25. The van der Waals surface area contributed by atoms with E-state index >= 15 is 0 Å². The van der Waals surface area contributed by atoms with Crippen molar-refractivity contribution in [3.63, 3.8) is 0 Å². The molecule has 0 amide bonds. The Morgan fingerprint density at radius 2 is 2.16 bits per heavy atom. The number of nitrogens with one attached hydrogen (secondary N) is 1. The molecule has 0 fully saturated rings. The fourth-order valence-corrected chi connectivity index (χ4v) is 2.22. The summed E-state index contributed by atoms with van der Waals surface area (Å²) in [6.07, 6.45) is -1.07. The van der Waals surface area contributed by atoms with Crippen molar-refractivity contribution in [3.05, 3.63) is 42.0 Å². The van der Waals surface area contributed by atoms with Crippen LogP contribution in [0.25, 0.3) is 0 Å². The highest BCUT2D eigenvalue weighted by atomic mass is 19.4. The van der Waals surface area contributed by atoms with Crippen molar-refractivity contribution in [2.45, 2.75) is 18.6 Å². The molecule has 0 saturated carbocycles. The number of fused-ring (bicyclic) bond motifs is 1. The van der Waals surface area contributed by atoms with Crippen LogP contribution in [0.3, 0.4) is 0 Å². The lowest BCUT2D eigenvalue weighted by Crippen LogP contribution is -2.23. The van der Waals surface area contributed by atoms with E-state index in [-0.39, 0.29) is 12.0 Å². The second-order valence-corrected chi connectivity index (χ2v) is 4.34. The first-order valence-electron chi connectivity index (χ1n) is 5.86. The maximum absolute atomic E-state index is 12.7. The lowest BCUT2D eigenvalue weighted by molar-refractivity contribution is -0.140. The zero-order valence-corrected chi connectivity index (χ0v) is 9.85. The summed E-state index contributed by atoms with van der Waals surface area (Å²) in [6, 6.07) is 5.21. The maximum atomic E-state index is 12.7. The molecule has 100 valence electrons. The van der Waals surface area contributed by atoms with Gasteiger partial charge in [-0.3, -0.25) is 4.98 Å². The lowest BCUT2D eigenvalue weighted by atomic mass is 10.1. The van der Waals surface area contributed by atoms with E-state index in [0.29, 0.717) is 13.0 Å². The van der Waals surface area contributed by atoms with E-state index in [4.69, 9.17) is 0 Å². The minimum absolute atomic E-state index is 0.207. The molecule has 3 rings (SSSR count). The Labute approximate surface area is 107 Å². The number of halogens is 3. The number of alkyl halides is 3. The third-order valence-corrected chi connectivity index (χ3v) is 3.09. The Balaban J connectivity index is 2.03. The van der Waals surface area contributed by atoms with Crippen LogP contribution in [-0.2, 0) is 6.18 Å². The van der Waals surface area contributed by atoms with Crippen LogP contribution in [0.2, 0.25) is 0 Å². The largest absolute Gasteiger partial charge is 0.434 e. The van der Waals surface area contributed by atoms with Crippen LogP contribution in [0.4, 0.5) is 19.1 Å². The van der Waals surface area contributed by atoms with Gasteiger partial charge in [-0.1, -0.05) is 6.07 Å². The van der Waals surface area contributed by atoms with Gasteiger partial charge in [0.25, 0.3) is 0 Å². The summed E-state index contributed by atoms with van der Waals surface area (Å²) in [5, 5.41) is 2.88. The highest BCUT2D eigenvalue weighted by Gasteiger charge is 2.36. The van der Waals surface area contributed by atoms with Gasteiger partial charge >= 0.3 is 6.18 Å². The number of pyridine rings is 1. The summed E-state index contributed by atoms with van der Waals surface area (Å²) in [4.78, 5) is 7.81. The van der Waals surface area contributed by atoms with Gasteiger partial charge in [-0.2, -0.15) is 13.2 Å². The zero-order chi connectivity index (χ0) is 13.5. The quantitative estimate of drug-likeness (QED) is 0.864. The van der Waals surface area contributed by atoms with Crippen molar-refractivity contribution in [1.29, 1.82) is 0 Å². The summed E-state index contributed by atoms with van der Waals surface area (Å²) in [6.45, 7) is 0.579. The van der Waals surface area contributed by atoms with E-state index in [2.05, 4.69) is 15.3 Å². The van der Waals surface area contributed by atoms with Crippen LogP contribution < -0.4 is 5.32 Å². The van der Waals surface area contributed by atoms with Gasteiger partial charge in [-0.25, -0.2) is 4.98 Å². The van der Waals surface area contributed by atoms with Crippen molar-refractivity contribution in [1.82, 2.24) is 14.5 Å². The van der Waals surface area contributed by atoms with Gasteiger partial charge in [-0.15, -0.1) is 0 Å². The fraction of sp³-hybridized carbons (Fsp3) is 0.333. The van der Waals surface area contributed by atoms with Crippen LogP contribution in [-0.4, -0.2) is 21.1 Å². The minimum atomic E-state index is -4.43. The van der Waals surface area contributed by atoms with Gasteiger partial charge in [0.2, 0.25) is 5.95 Å². The SMILES string of the molecule is FC(F)(F)c1cn2c(n1)NCCC2c1ccccn1. The van der Waals surface area contributed by atoms with Crippen LogP contribution in [0.15, 0.2) is 30.6 Å². The molecule has 19 heavy (non-hydrogen) atoms. The molecule has 4 nitrogen and oxygen atoms in total. The van der Waals surface area contributed by atoms with Gasteiger partial charge in [0.05, 0.1) is 11.7 Å². The molecule has 7 heteroatoms. The molecule has 2 aromatic heterocycles. The molecule has 1 N–H and O–H groups in total. The minimum Gasteiger partial charge on any atom is -0.356 e. The number of hydrogen-bond acceptors (Lipinski definition) is 3. The van der Waals surface area contributed by atoms with E-state index < -0.39 is 11.9 Å². The molecular weight excluding hydrogens is 257 g/mol. The molecule has 1 atom stereocenters. The first-order valence-corrected chi connectivity index (χ1v) is 5.86. The highest BCUT2D eigenvalue weighted by molar-refractivity contribution is 5.35. The maximum Gasteiger partial charge on any atom is 0.434 e. The van der Waals surface area contributed by atoms with E-state index in [1.165, 1.54) is 4.57 Å². The molecule has 2 aromatic rings. The number of imidazole rings is 1. The molecule has 3 heterocycles. The predicted octanol–water partition coefficient (Wildman–Crippen LogP) is 2.70. The van der Waals surface area contributed by atoms with E-state index in [1.54, 1.807) is 12.3 Å². The van der Waals surface area contributed by atoms with Crippen LogP contribution in [0.1, 0.15) is 23.9 Å². The summed E-state index contributed by atoms with van der Waals surface area (Å²) in [5.74, 6) is 0.245. The molecule has 0 aliphatic carbocycles. The van der Waals surface area contributed by atoms with E-state index in [0.717, 1.165) is 11.9 Å². The van der Waals surface area contributed by atoms with E-state index in [9.17, 15) is 13.2 Å². The van der Waals surface area contributed by atoms with Gasteiger partial charge in [0.1, 0.15) is 0 Å². The monoisotopic (exact) mass is 268 g/mol. The predicted molar refractivity (Wildman–Crippen MR) is 62.7 cm³/mol. The number of aromatic nitrogens is 3. The number of nitrogens with zero attached hydrogens (tertiary/aromatic N) is 3. The van der Waals surface area contributed by atoms with Gasteiger partial charge in [-0.05, 0) is 18.6 Å². The smallest absolute Gasteiger partial charge is 0.356 e. The van der Waals surface area contributed by atoms with Crippen molar-refractivity contribution in [2.24, 2.45) is 0 Å². The molecule has 0 aromatic carbocycles. The van der Waals surface area contributed by atoms with Gasteiger partial charge in [0, 0.05) is 18.9 Å². The normalized spacial score (nSPS) is 18.8. The summed E-state index contributed by atoms with van der Waals surface area (Å²) in [7, 11) is 0. The van der Waals surface area contributed by atoms with Crippen LogP contribution >= 0.6 is 0 Å². The standard InChI is InChI=1S/C12H11F3N4/c13-12(14,15)10-7-19-9(4-6-17-11(19)18-10)8-3-1-2-5-16-8/h1-3,5,7,9H,4,6H2,(H,17,18). The lowest BCUT2D eigenvalue weighted by Gasteiger charge is -2.25. The average Bonchev–Trinajstić information content (AvgIpc) is 2.83. The summed E-state index contributed by atoms with van der Waals surface area (Å²) >= 11 is 0. The summed E-state index contributed by atoms with van der Waals surface area (Å²) in [5.41, 5.74) is -0.130. The van der Waals surface area contributed by atoms with E-state index in [1.807, 2.05) is 12.1 Å². The second-order valence-electron chi connectivity index (χ2n) is 4.34. The van der Waals surface area contributed by atoms with Crippen molar-refractivity contribution in [2.75, 3.05) is 11.9 Å². The highest BCUT2D eigenvalue weighted by Crippen LogP contribution is 2.34. The Morgan fingerprint density at radius 3 is 2.84 bits per heavy atom. The molecule has 0 bridgehead atoms. The topological polar surface area (TPSA) is 42.7 Å². The van der Waals surface area contributed by atoms with Gasteiger partial charge in [0.15, 0.2) is 5.69 Å². The first-order chi connectivity index (χ1) is 9.05. The molecule has 1 unspecified atom stereocenters. The van der Waals surface area contributed by atoms with Crippen molar-refractivity contribution >= 4 is 5.95 Å². The van der Waals surface area contributed by atoms with Gasteiger partial charge < -0.3 is 9.88 Å². The fourth-order valence-electron chi connectivity index (χ4n) is 2.22. The number of rotatable bonds is 1. The Kier molecular flexibility index (Phi) is 2.69. The first kappa shape index (κ1) is 12.0. The van der Waals surface area contributed by atoms with Crippen LogP contribution in [0.5, 0.6) is 0 Å². The Bertz CT molecular complexity index is 576. The van der Waals surface area contributed by atoms with Crippen LogP contribution in [0, 0.1) is 0 Å². The number of hydrogen-bond donors (Lipinski definition) is 1. The molecule has 0 radical (unpaired) electrons. The third kappa shape index (κ3) is 2.16. The Morgan fingerprint density at radius 1 is 1.32 bits per heavy atom. The van der Waals surface area contributed by atoms with Crippen molar-refractivity contribution < 1.29 is 13.2 Å². The third-order valence-electron chi connectivity index (χ3n) is 3.09. The molecular formula is C12H11F3N4. The van der Waals surface area contributed by atoms with Crippen molar-refractivity contribution in [3.8, 4) is 0 Å². The molecule has 1 aliphatic heterocycles. The average molecular weight is 268 g/mol. The zero-order valence-electron chi connectivity index (χ0n) is 9.85. The molecule has 1 aliphatic rings. The molecule has 0 spiro atoms. The number of anilines is 1. The summed E-state index contributed by atoms with van der Waals surface area (Å²) < 4.78 is 39.6.